The Morgan fingerprint density at radius 2 is 1.96 bits per heavy atom. The van der Waals surface area contributed by atoms with E-state index in [0.717, 1.165) is 16.6 Å². The summed E-state index contributed by atoms with van der Waals surface area (Å²) < 4.78 is 8.09. The van der Waals surface area contributed by atoms with Gasteiger partial charge in [0.05, 0.1) is 6.10 Å². The van der Waals surface area contributed by atoms with Gasteiger partial charge < -0.3 is 10.1 Å². The van der Waals surface area contributed by atoms with Crippen LogP contribution in [-0.2, 0) is 18.8 Å². The standard InChI is InChI=1S/C18H20N4O3/c1-21-16(14(10-19)17(23)22(2)18(21)24)20-11-13-8-9-25-15(13)12-6-4-3-5-7-12/h3-7,13,15,20H,8-9,11H2,1-2H3/t13-,15-/m1/s1. The Balaban J connectivity index is 1.86. The second-order valence-electron chi connectivity index (χ2n) is 6.17. The first kappa shape index (κ1) is 17.0. The van der Waals surface area contributed by atoms with E-state index in [1.807, 2.05) is 36.4 Å². The van der Waals surface area contributed by atoms with Gasteiger partial charge >= 0.3 is 5.69 Å². The lowest BCUT2D eigenvalue weighted by Gasteiger charge is -2.21. The minimum absolute atomic E-state index is 0.0391. The van der Waals surface area contributed by atoms with Gasteiger partial charge in [0.2, 0.25) is 0 Å². The van der Waals surface area contributed by atoms with Gasteiger partial charge in [0.15, 0.2) is 5.56 Å². The lowest BCUT2D eigenvalue weighted by molar-refractivity contribution is 0.0933. The Labute approximate surface area is 145 Å². The van der Waals surface area contributed by atoms with Crippen molar-refractivity contribution in [2.75, 3.05) is 18.5 Å². The van der Waals surface area contributed by atoms with Gasteiger partial charge in [-0.1, -0.05) is 30.3 Å². The Hall–Kier alpha value is -2.85. The minimum Gasteiger partial charge on any atom is -0.373 e. The lowest BCUT2D eigenvalue weighted by Crippen LogP contribution is -2.40. The number of rotatable bonds is 4. The summed E-state index contributed by atoms with van der Waals surface area (Å²) in [7, 11) is 2.91. The normalized spacial score (nSPS) is 19.6. The first-order valence-corrected chi connectivity index (χ1v) is 8.15. The molecular formula is C18H20N4O3. The fourth-order valence-electron chi connectivity index (χ4n) is 3.23. The van der Waals surface area contributed by atoms with E-state index in [1.165, 1.54) is 11.6 Å². The molecule has 1 aromatic heterocycles. The molecular weight excluding hydrogens is 320 g/mol. The molecule has 1 saturated heterocycles. The van der Waals surface area contributed by atoms with E-state index < -0.39 is 11.2 Å². The van der Waals surface area contributed by atoms with Gasteiger partial charge in [-0.3, -0.25) is 13.9 Å². The molecule has 0 amide bonds. The number of hydrogen-bond acceptors (Lipinski definition) is 5. The van der Waals surface area contributed by atoms with E-state index in [2.05, 4.69) is 5.32 Å². The highest BCUT2D eigenvalue weighted by Gasteiger charge is 2.30. The molecule has 1 N–H and O–H groups in total. The monoisotopic (exact) mass is 340 g/mol. The minimum atomic E-state index is -0.588. The Kier molecular flexibility index (Phi) is 4.72. The van der Waals surface area contributed by atoms with Gasteiger partial charge in [0.1, 0.15) is 11.9 Å². The van der Waals surface area contributed by atoms with Gasteiger partial charge in [0, 0.05) is 33.2 Å². The van der Waals surface area contributed by atoms with Crippen molar-refractivity contribution in [1.82, 2.24) is 9.13 Å². The number of nitrogens with one attached hydrogen (secondary N) is 1. The maximum absolute atomic E-state index is 12.1. The fraction of sp³-hybridized carbons (Fsp3) is 0.389. The molecule has 0 spiro atoms. The molecule has 0 unspecified atom stereocenters. The first-order valence-electron chi connectivity index (χ1n) is 8.15. The first-order chi connectivity index (χ1) is 12.0. The predicted octanol–water partition coefficient (Wildman–Crippen LogP) is 1.15. The van der Waals surface area contributed by atoms with E-state index in [9.17, 15) is 14.9 Å². The van der Waals surface area contributed by atoms with Gasteiger partial charge in [-0.05, 0) is 12.0 Å². The van der Waals surface area contributed by atoms with Gasteiger partial charge in [-0.2, -0.15) is 5.26 Å². The van der Waals surface area contributed by atoms with Crippen LogP contribution in [0.4, 0.5) is 5.82 Å². The van der Waals surface area contributed by atoms with E-state index in [0.29, 0.717) is 13.2 Å². The van der Waals surface area contributed by atoms with Crippen LogP contribution in [0.5, 0.6) is 0 Å². The largest absolute Gasteiger partial charge is 0.373 e. The predicted molar refractivity (Wildman–Crippen MR) is 93.4 cm³/mol. The third kappa shape index (κ3) is 3.08. The van der Waals surface area contributed by atoms with Crippen LogP contribution < -0.4 is 16.6 Å². The van der Waals surface area contributed by atoms with Crippen molar-refractivity contribution in [3.05, 3.63) is 62.3 Å². The summed E-state index contributed by atoms with van der Waals surface area (Å²) in [6, 6.07) is 11.9. The SMILES string of the molecule is Cn1c(NC[C@H]2CCO[C@@H]2c2ccccc2)c(C#N)c(=O)n(C)c1=O. The molecule has 0 saturated carbocycles. The molecule has 0 bridgehead atoms. The average Bonchev–Trinajstić information content (AvgIpc) is 3.11. The molecule has 7 nitrogen and oxygen atoms in total. The van der Waals surface area contributed by atoms with Crippen molar-refractivity contribution in [3.63, 3.8) is 0 Å². The second kappa shape index (κ2) is 6.95. The maximum Gasteiger partial charge on any atom is 0.332 e. The van der Waals surface area contributed by atoms with Crippen molar-refractivity contribution in [2.45, 2.75) is 12.5 Å². The molecule has 3 rings (SSSR count). The van der Waals surface area contributed by atoms with Crippen molar-refractivity contribution < 1.29 is 4.74 Å². The Morgan fingerprint density at radius 1 is 1.24 bits per heavy atom. The summed E-state index contributed by atoms with van der Waals surface area (Å²) >= 11 is 0. The third-order valence-corrected chi connectivity index (χ3v) is 4.65. The van der Waals surface area contributed by atoms with E-state index in [-0.39, 0.29) is 23.4 Å². The number of nitriles is 1. The number of nitrogens with zero attached hydrogens (tertiary/aromatic N) is 3. The topological polar surface area (TPSA) is 89.1 Å². The summed E-state index contributed by atoms with van der Waals surface area (Å²) in [6.45, 7) is 1.17. The van der Waals surface area contributed by atoms with Crippen LogP contribution in [-0.4, -0.2) is 22.3 Å². The lowest BCUT2D eigenvalue weighted by atomic mass is 9.95. The highest BCUT2D eigenvalue weighted by atomic mass is 16.5. The molecule has 2 aromatic rings. The van der Waals surface area contributed by atoms with Crippen LogP contribution in [0.25, 0.3) is 0 Å². The van der Waals surface area contributed by atoms with Crippen LogP contribution in [0, 0.1) is 17.2 Å². The number of anilines is 1. The zero-order valence-corrected chi connectivity index (χ0v) is 14.2. The van der Waals surface area contributed by atoms with Crippen LogP contribution in [0.1, 0.15) is 23.7 Å². The van der Waals surface area contributed by atoms with Gasteiger partial charge in [-0.25, -0.2) is 4.79 Å². The number of benzene rings is 1. The molecule has 1 fully saturated rings. The van der Waals surface area contributed by atoms with Gasteiger partial charge in [-0.15, -0.1) is 0 Å². The van der Waals surface area contributed by atoms with E-state index >= 15 is 0 Å². The van der Waals surface area contributed by atoms with Crippen LogP contribution >= 0.6 is 0 Å². The summed E-state index contributed by atoms with van der Waals surface area (Å²) in [4.78, 5) is 24.3. The number of hydrogen-bond donors (Lipinski definition) is 1. The summed E-state index contributed by atoms with van der Waals surface area (Å²) in [5.74, 6) is 0.447. The highest BCUT2D eigenvalue weighted by Crippen LogP contribution is 2.34. The van der Waals surface area contributed by atoms with Crippen molar-refractivity contribution in [3.8, 4) is 6.07 Å². The van der Waals surface area contributed by atoms with Gasteiger partial charge in [0.25, 0.3) is 5.56 Å². The third-order valence-electron chi connectivity index (χ3n) is 4.65. The Bertz CT molecular complexity index is 924. The highest BCUT2D eigenvalue weighted by molar-refractivity contribution is 5.51. The van der Waals surface area contributed by atoms with Crippen LogP contribution in [0.2, 0.25) is 0 Å². The quantitative estimate of drug-likeness (QED) is 0.902. The van der Waals surface area contributed by atoms with E-state index in [1.54, 1.807) is 7.05 Å². The molecule has 0 aliphatic carbocycles. The molecule has 1 aliphatic rings. The van der Waals surface area contributed by atoms with Crippen LogP contribution in [0.3, 0.4) is 0 Å². The zero-order chi connectivity index (χ0) is 18.0. The van der Waals surface area contributed by atoms with Crippen molar-refractivity contribution in [2.24, 2.45) is 20.0 Å². The summed E-state index contributed by atoms with van der Waals surface area (Å²) in [6.07, 6.45) is 0.829. The fourth-order valence-corrected chi connectivity index (χ4v) is 3.23. The molecule has 25 heavy (non-hydrogen) atoms. The molecule has 2 atom stereocenters. The van der Waals surface area contributed by atoms with E-state index in [4.69, 9.17) is 4.74 Å². The molecule has 1 aromatic carbocycles. The smallest absolute Gasteiger partial charge is 0.332 e. The summed E-state index contributed by atoms with van der Waals surface area (Å²) in [5, 5.41) is 12.4. The molecule has 1 aliphatic heterocycles. The number of aromatic nitrogens is 2. The number of ether oxygens (including phenoxy) is 1. The maximum atomic E-state index is 12.1. The molecule has 2 heterocycles. The molecule has 0 radical (unpaired) electrons. The average molecular weight is 340 g/mol. The Morgan fingerprint density at radius 3 is 2.64 bits per heavy atom. The van der Waals surface area contributed by atoms with Crippen LogP contribution in [0.15, 0.2) is 39.9 Å². The summed E-state index contributed by atoms with van der Waals surface area (Å²) in [5.41, 5.74) is -0.00545. The molecule has 7 heteroatoms. The van der Waals surface area contributed by atoms with Crippen molar-refractivity contribution >= 4 is 5.82 Å². The van der Waals surface area contributed by atoms with Crippen molar-refractivity contribution in [1.29, 1.82) is 5.26 Å². The second-order valence-corrected chi connectivity index (χ2v) is 6.17. The zero-order valence-electron chi connectivity index (χ0n) is 14.2. The molecule has 130 valence electrons.